The molecular weight excluding hydrogens is 228 g/mol. The lowest BCUT2D eigenvalue weighted by Crippen LogP contribution is -2.44. The van der Waals surface area contributed by atoms with E-state index < -0.39 is 9.84 Å². The molecule has 1 amide bonds. The number of carbonyl (C=O) groups excluding carboxylic acids is 1. The predicted octanol–water partition coefficient (Wildman–Crippen LogP) is -0.545. The van der Waals surface area contributed by atoms with Crippen molar-refractivity contribution in [3.8, 4) is 0 Å². The SMILES string of the molecule is C=CCNCC(=O)NC1CCS(=O)(=O)CC1. The number of carbonyl (C=O) groups is 1. The van der Waals surface area contributed by atoms with Crippen molar-refractivity contribution in [3.63, 3.8) is 0 Å². The fourth-order valence-corrected chi connectivity index (χ4v) is 3.09. The number of amides is 1. The van der Waals surface area contributed by atoms with Gasteiger partial charge in [-0.25, -0.2) is 8.42 Å². The second-order valence-corrected chi connectivity index (χ2v) is 6.22. The summed E-state index contributed by atoms with van der Waals surface area (Å²) in [6.45, 7) is 4.36. The maximum atomic E-state index is 11.4. The molecule has 1 rings (SSSR count). The highest BCUT2D eigenvalue weighted by atomic mass is 32.2. The Hall–Kier alpha value is -0.880. The first-order chi connectivity index (χ1) is 7.53. The van der Waals surface area contributed by atoms with Crippen LogP contribution in [0.3, 0.4) is 0 Å². The van der Waals surface area contributed by atoms with Gasteiger partial charge in [-0.1, -0.05) is 6.08 Å². The molecule has 1 aliphatic heterocycles. The Bertz CT molecular complexity index is 337. The average Bonchev–Trinajstić information content (AvgIpc) is 2.22. The molecular formula is C10H18N2O3S. The van der Waals surface area contributed by atoms with Gasteiger partial charge >= 0.3 is 0 Å². The minimum Gasteiger partial charge on any atom is -0.352 e. The van der Waals surface area contributed by atoms with Gasteiger partial charge in [-0.15, -0.1) is 6.58 Å². The van der Waals surface area contributed by atoms with Crippen molar-refractivity contribution >= 4 is 15.7 Å². The zero-order valence-electron chi connectivity index (χ0n) is 9.24. The summed E-state index contributed by atoms with van der Waals surface area (Å²) >= 11 is 0. The van der Waals surface area contributed by atoms with Crippen LogP contribution in [0.4, 0.5) is 0 Å². The molecule has 0 atom stereocenters. The molecule has 0 aromatic carbocycles. The lowest BCUT2D eigenvalue weighted by Gasteiger charge is -2.23. The number of rotatable bonds is 5. The smallest absolute Gasteiger partial charge is 0.234 e. The van der Waals surface area contributed by atoms with Gasteiger partial charge in [-0.2, -0.15) is 0 Å². The molecule has 16 heavy (non-hydrogen) atoms. The third-order valence-corrected chi connectivity index (χ3v) is 4.21. The molecule has 0 aliphatic carbocycles. The predicted molar refractivity (Wildman–Crippen MR) is 62.9 cm³/mol. The van der Waals surface area contributed by atoms with Crippen LogP contribution in [0, 0.1) is 0 Å². The second kappa shape index (κ2) is 6.00. The third-order valence-electron chi connectivity index (χ3n) is 2.49. The molecule has 5 nitrogen and oxygen atoms in total. The van der Waals surface area contributed by atoms with E-state index in [1.165, 1.54) is 0 Å². The lowest BCUT2D eigenvalue weighted by molar-refractivity contribution is -0.120. The Morgan fingerprint density at radius 2 is 2.00 bits per heavy atom. The van der Waals surface area contributed by atoms with Crippen molar-refractivity contribution in [1.29, 1.82) is 0 Å². The summed E-state index contributed by atoms with van der Waals surface area (Å²) in [5, 5.41) is 5.71. The van der Waals surface area contributed by atoms with Crippen molar-refractivity contribution in [2.24, 2.45) is 0 Å². The van der Waals surface area contributed by atoms with E-state index in [2.05, 4.69) is 17.2 Å². The summed E-state index contributed by atoms with van der Waals surface area (Å²) in [5.74, 6) is 0.266. The van der Waals surface area contributed by atoms with Gasteiger partial charge in [0, 0.05) is 12.6 Å². The fourth-order valence-electron chi connectivity index (χ4n) is 1.60. The van der Waals surface area contributed by atoms with Gasteiger partial charge in [-0.3, -0.25) is 4.79 Å². The lowest BCUT2D eigenvalue weighted by atomic mass is 10.1. The molecule has 0 radical (unpaired) electrons. The van der Waals surface area contributed by atoms with Crippen LogP contribution in [0.2, 0.25) is 0 Å². The molecule has 1 fully saturated rings. The number of hydrogen-bond acceptors (Lipinski definition) is 4. The fraction of sp³-hybridized carbons (Fsp3) is 0.700. The molecule has 1 aliphatic rings. The minimum atomic E-state index is -2.85. The largest absolute Gasteiger partial charge is 0.352 e. The number of sulfone groups is 1. The van der Waals surface area contributed by atoms with Crippen LogP contribution in [0.1, 0.15) is 12.8 Å². The quantitative estimate of drug-likeness (QED) is 0.504. The molecule has 6 heteroatoms. The number of hydrogen-bond donors (Lipinski definition) is 2. The van der Waals surface area contributed by atoms with Gasteiger partial charge in [-0.05, 0) is 12.8 Å². The van der Waals surface area contributed by atoms with Crippen LogP contribution in [0.5, 0.6) is 0 Å². The first kappa shape index (κ1) is 13.2. The summed E-state index contributed by atoms with van der Waals surface area (Å²) in [4.78, 5) is 11.4. The number of nitrogens with one attached hydrogen (secondary N) is 2. The summed E-state index contributed by atoms with van der Waals surface area (Å²) in [5.41, 5.74) is 0. The van der Waals surface area contributed by atoms with Crippen molar-refractivity contribution in [2.75, 3.05) is 24.6 Å². The van der Waals surface area contributed by atoms with Gasteiger partial charge in [0.15, 0.2) is 0 Å². The first-order valence-corrected chi connectivity index (χ1v) is 7.17. The molecule has 0 bridgehead atoms. The van der Waals surface area contributed by atoms with Gasteiger partial charge in [0.1, 0.15) is 9.84 Å². The van der Waals surface area contributed by atoms with Crippen molar-refractivity contribution in [2.45, 2.75) is 18.9 Å². The highest BCUT2D eigenvalue weighted by Gasteiger charge is 2.24. The normalized spacial score (nSPS) is 20.2. The molecule has 2 N–H and O–H groups in total. The third kappa shape index (κ3) is 4.76. The zero-order chi connectivity index (χ0) is 12.0. The van der Waals surface area contributed by atoms with Crippen LogP contribution in [-0.2, 0) is 14.6 Å². The van der Waals surface area contributed by atoms with Crippen molar-refractivity contribution < 1.29 is 13.2 Å². The van der Waals surface area contributed by atoms with Crippen LogP contribution in [0.15, 0.2) is 12.7 Å². The van der Waals surface area contributed by atoms with E-state index in [4.69, 9.17) is 0 Å². The topological polar surface area (TPSA) is 75.3 Å². The Balaban J connectivity index is 2.23. The molecule has 0 aromatic rings. The van der Waals surface area contributed by atoms with Gasteiger partial charge in [0.25, 0.3) is 0 Å². The van der Waals surface area contributed by atoms with E-state index in [0.717, 1.165) is 0 Å². The highest BCUT2D eigenvalue weighted by molar-refractivity contribution is 7.91. The van der Waals surface area contributed by atoms with Gasteiger partial charge in [0.2, 0.25) is 5.91 Å². The van der Waals surface area contributed by atoms with E-state index >= 15 is 0 Å². The summed E-state index contributed by atoms with van der Waals surface area (Å²) < 4.78 is 22.3. The van der Waals surface area contributed by atoms with Gasteiger partial charge in [0.05, 0.1) is 18.1 Å². The highest BCUT2D eigenvalue weighted by Crippen LogP contribution is 2.11. The van der Waals surface area contributed by atoms with E-state index in [0.29, 0.717) is 19.4 Å². The van der Waals surface area contributed by atoms with Crippen LogP contribution in [0.25, 0.3) is 0 Å². The second-order valence-electron chi connectivity index (χ2n) is 3.91. The molecule has 0 aromatic heterocycles. The average molecular weight is 246 g/mol. The molecule has 0 spiro atoms. The zero-order valence-corrected chi connectivity index (χ0v) is 10.1. The van der Waals surface area contributed by atoms with Crippen molar-refractivity contribution in [1.82, 2.24) is 10.6 Å². The maximum Gasteiger partial charge on any atom is 0.234 e. The Morgan fingerprint density at radius 3 is 2.56 bits per heavy atom. The first-order valence-electron chi connectivity index (χ1n) is 5.35. The van der Waals surface area contributed by atoms with Gasteiger partial charge < -0.3 is 10.6 Å². The van der Waals surface area contributed by atoms with E-state index in [1.54, 1.807) is 6.08 Å². The summed E-state index contributed by atoms with van der Waals surface area (Å²) in [6, 6.07) is 0.00144. The van der Waals surface area contributed by atoms with Crippen LogP contribution in [-0.4, -0.2) is 45.0 Å². The Morgan fingerprint density at radius 1 is 1.38 bits per heavy atom. The monoisotopic (exact) mass is 246 g/mol. The van der Waals surface area contributed by atoms with Crippen molar-refractivity contribution in [3.05, 3.63) is 12.7 Å². The van der Waals surface area contributed by atoms with Crippen LogP contribution >= 0.6 is 0 Å². The van der Waals surface area contributed by atoms with E-state index in [-0.39, 0.29) is 30.0 Å². The van der Waals surface area contributed by atoms with E-state index in [9.17, 15) is 13.2 Å². The Labute approximate surface area is 96.2 Å². The standard InChI is InChI=1S/C10H18N2O3S/c1-2-5-11-8-10(13)12-9-3-6-16(14,15)7-4-9/h2,9,11H,1,3-8H2,(H,12,13). The Kier molecular flexibility index (Phi) is 4.95. The van der Waals surface area contributed by atoms with Crippen LogP contribution < -0.4 is 10.6 Å². The minimum absolute atomic E-state index is 0.00144. The molecule has 0 unspecified atom stereocenters. The molecule has 0 saturated carbocycles. The van der Waals surface area contributed by atoms with E-state index in [1.807, 2.05) is 0 Å². The molecule has 1 saturated heterocycles. The maximum absolute atomic E-state index is 11.4. The molecule has 1 heterocycles. The molecule has 92 valence electrons. The summed E-state index contributed by atoms with van der Waals surface area (Å²) in [7, 11) is -2.85. The summed E-state index contributed by atoms with van der Waals surface area (Å²) in [6.07, 6.45) is 2.73.